The number of sulfonamides is 1. The highest BCUT2D eigenvalue weighted by molar-refractivity contribution is 7.91. The molecule has 7 heteroatoms. The Bertz CT molecular complexity index is 571. The van der Waals surface area contributed by atoms with Crippen LogP contribution >= 0.6 is 11.3 Å². The number of aryl methyl sites for hydroxylation is 1. The number of nitrogens with one attached hydrogen (secondary N) is 1. The molecule has 1 aromatic rings. The summed E-state index contributed by atoms with van der Waals surface area (Å²) < 4.78 is 27.4. The van der Waals surface area contributed by atoms with Gasteiger partial charge in [0.25, 0.3) is 10.0 Å². The Labute approximate surface area is 111 Å². The molecule has 0 atom stereocenters. The zero-order valence-corrected chi connectivity index (χ0v) is 11.9. The number of nitrogen functional groups attached to an aromatic ring is 1. The quantitative estimate of drug-likeness (QED) is 0.859. The van der Waals surface area contributed by atoms with E-state index in [9.17, 15) is 8.42 Å². The van der Waals surface area contributed by atoms with E-state index in [-0.39, 0.29) is 9.62 Å². The number of nitrogens with zero attached hydrogens (tertiary/aromatic N) is 1. The maximum Gasteiger partial charge on any atom is 0.252 e. The van der Waals surface area contributed by atoms with Crippen molar-refractivity contribution < 1.29 is 8.42 Å². The lowest BCUT2D eigenvalue weighted by Gasteiger charge is -2.14. The van der Waals surface area contributed by atoms with Gasteiger partial charge in [-0.1, -0.05) is 11.3 Å². The highest BCUT2D eigenvalue weighted by Crippen LogP contribution is 2.60. The molecule has 0 bridgehead atoms. The monoisotopic (exact) mass is 287 g/mol. The highest BCUT2D eigenvalue weighted by atomic mass is 32.2. The van der Waals surface area contributed by atoms with Crippen molar-refractivity contribution in [3.05, 3.63) is 5.69 Å². The van der Waals surface area contributed by atoms with Crippen molar-refractivity contribution in [2.45, 2.75) is 36.8 Å². The zero-order chi connectivity index (χ0) is 13.0. The number of anilines is 1. The molecule has 2 saturated carbocycles. The molecule has 0 unspecified atom stereocenters. The molecule has 18 heavy (non-hydrogen) atoms. The molecule has 1 heterocycles. The van der Waals surface area contributed by atoms with Gasteiger partial charge in [-0.2, -0.15) is 0 Å². The smallest absolute Gasteiger partial charge is 0.252 e. The molecule has 0 saturated heterocycles. The SMILES string of the molecule is Cc1nc(N)sc1S(=O)(=O)NCC1(C2CC2)CC1. The van der Waals surface area contributed by atoms with Crippen LogP contribution in [0.2, 0.25) is 0 Å². The maximum atomic E-state index is 12.2. The number of hydrogen-bond donors (Lipinski definition) is 2. The molecule has 0 aliphatic heterocycles. The molecule has 3 rings (SSSR count). The Morgan fingerprint density at radius 3 is 2.61 bits per heavy atom. The fourth-order valence-electron chi connectivity index (χ4n) is 2.54. The van der Waals surface area contributed by atoms with E-state index >= 15 is 0 Å². The van der Waals surface area contributed by atoms with Crippen LogP contribution in [-0.4, -0.2) is 19.9 Å². The molecule has 0 aromatic carbocycles. The Kier molecular flexibility index (Phi) is 2.69. The number of hydrogen-bond acceptors (Lipinski definition) is 5. The van der Waals surface area contributed by atoms with Gasteiger partial charge in [-0.3, -0.25) is 0 Å². The molecule has 3 N–H and O–H groups in total. The third-order valence-corrected chi connectivity index (χ3v) is 6.96. The minimum absolute atomic E-state index is 0.256. The second-order valence-corrected chi connectivity index (χ2v) is 8.38. The summed E-state index contributed by atoms with van der Waals surface area (Å²) in [5.41, 5.74) is 6.29. The van der Waals surface area contributed by atoms with Crippen LogP contribution in [-0.2, 0) is 10.0 Å². The summed E-state index contributed by atoms with van der Waals surface area (Å²) in [5.74, 6) is 0.743. The van der Waals surface area contributed by atoms with Crippen molar-refractivity contribution in [1.82, 2.24) is 9.71 Å². The maximum absolute atomic E-state index is 12.2. The third-order valence-electron chi connectivity index (χ3n) is 3.96. The number of thiazole rings is 1. The second-order valence-electron chi connectivity index (χ2n) is 5.39. The Hall–Kier alpha value is -0.660. The van der Waals surface area contributed by atoms with Crippen LogP contribution in [0.3, 0.4) is 0 Å². The summed E-state index contributed by atoms with van der Waals surface area (Å²) in [6.07, 6.45) is 4.83. The lowest BCUT2D eigenvalue weighted by Crippen LogP contribution is -2.31. The molecule has 0 radical (unpaired) electrons. The summed E-state index contributed by atoms with van der Waals surface area (Å²) in [4.78, 5) is 3.96. The van der Waals surface area contributed by atoms with E-state index in [1.54, 1.807) is 6.92 Å². The molecule has 0 amide bonds. The third kappa shape index (κ3) is 2.15. The summed E-state index contributed by atoms with van der Waals surface area (Å²) in [6.45, 7) is 2.24. The van der Waals surface area contributed by atoms with Gasteiger partial charge in [-0.15, -0.1) is 0 Å². The average molecular weight is 287 g/mol. The molecule has 2 aliphatic rings. The van der Waals surface area contributed by atoms with Crippen LogP contribution in [0.25, 0.3) is 0 Å². The van der Waals surface area contributed by atoms with Crippen molar-refractivity contribution in [3.63, 3.8) is 0 Å². The minimum atomic E-state index is -3.44. The second kappa shape index (κ2) is 3.91. The fourth-order valence-corrected chi connectivity index (χ4v) is 5.02. The Balaban J connectivity index is 1.73. The van der Waals surface area contributed by atoms with Crippen molar-refractivity contribution in [2.24, 2.45) is 11.3 Å². The van der Waals surface area contributed by atoms with Crippen LogP contribution < -0.4 is 10.5 Å². The van der Waals surface area contributed by atoms with Gasteiger partial charge in [-0.05, 0) is 43.9 Å². The van der Waals surface area contributed by atoms with Gasteiger partial charge in [0, 0.05) is 6.54 Å². The van der Waals surface area contributed by atoms with Crippen molar-refractivity contribution in [2.75, 3.05) is 12.3 Å². The van der Waals surface area contributed by atoms with E-state index in [0.717, 1.165) is 30.1 Å². The first-order valence-electron chi connectivity index (χ1n) is 6.16. The summed E-state index contributed by atoms with van der Waals surface area (Å²) in [7, 11) is -3.44. The lowest BCUT2D eigenvalue weighted by atomic mass is 10.0. The van der Waals surface area contributed by atoms with Crippen LogP contribution in [0.5, 0.6) is 0 Å². The molecule has 100 valence electrons. The van der Waals surface area contributed by atoms with Gasteiger partial charge in [-0.25, -0.2) is 18.1 Å². The number of rotatable bonds is 5. The molecular formula is C11H17N3O2S2. The van der Waals surface area contributed by atoms with Crippen LogP contribution in [0, 0.1) is 18.3 Å². The van der Waals surface area contributed by atoms with E-state index in [1.807, 2.05) is 0 Å². The molecule has 1 aromatic heterocycles. The van der Waals surface area contributed by atoms with Gasteiger partial charge >= 0.3 is 0 Å². The fraction of sp³-hybridized carbons (Fsp3) is 0.727. The van der Waals surface area contributed by atoms with Gasteiger partial charge < -0.3 is 5.73 Å². The van der Waals surface area contributed by atoms with Crippen molar-refractivity contribution in [3.8, 4) is 0 Å². The van der Waals surface area contributed by atoms with Crippen LogP contribution in [0.1, 0.15) is 31.4 Å². The zero-order valence-electron chi connectivity index (χ0n) is 10.3. The highest BCUT2D eigenvalue weighted by Gasteiger charge is 2.53. The van der Waals surface area contributed by atoms with E-state index in [1.165, 1.54) is 12.8 Å². The Morgan fingerprint density at radius 1 is 1.50 bits per heavy atom. The first-order chi connectivity index (χ1) is 8.43. The summed E-state index contributed by atoms with van der Waals surface area (Å²) in [6, 6.07) is 0. The lowest BCUT2D eigenvalue weighted by molar-refractivity contribution is 0.432. The molecule has 2 fully saturated rings. The normalized spacial score (nSPS) is 22.1. The molecular weight excluding hydrogens is 270 g/mol. The summed E-state index contributed by atoms with van der Waals surface area (Å²) in [5, 5.41) is 0.302. The van der Waals surface area contributed by atoms with E-state index in [2.05, 4.69) is 9.71 Å². The summed E-state index contributed by atoms with van der Waals surface area (Å²) >= 11 is 1.03. The predicted octanol–water partition coefficient (Wildman–Crippen LogP) is 1.50. The molecule has 2 aliphatic carbocycles. The first-order valence-corrected chi connectivity index (χ1v) is 8.45. The standard InChI is InChI=1S/C11H17N3O2S2/c1-7-9(17-10(12)14-7)18(15,16)13-6-11(4-5-11)8-2-3-8/h8,13H,2-6H2,1H3,(H2,12,14). The predicted molar refractivity (Wildman–Crippen MR) is 70.8 cm³/mol. The van der Waals surface area contributed by atoms with Crippen LogP contribution in [0.15, 0.2) is 4.21 Å². The van der Waals surface area contributed by atoms with E-state index < -0.39 is 10.0 Å². The molecule has 0 spiro atoms. The van der Waals surface area contributed by atoms with E-state index in [4.69, 9.17) is 5.73 Å². The van der Waals surface area contributed by atoms with Gasteiger partial charge in [0.15, 0.2) is 9.34 Å². The number of nitrogens with two attached hydrogens (primary N) is 1. The minimum Gasteiger partial charge on any atom is -0.375 e. The van der Waals surface area contributed by atoms with Crippen molar-refractivity contribution >= 4 is 26.5 Å². The van der Waals surface area contributed by atoms with E-state index in [0.29, 0.717) is 17.4 Å². The largest absolute Gasteiger partial charge is 0.375 e. The van der Waals surface area contributed by atoms with Crippen LogP contribution in [0.4, 0.5) is 5.13 Å². The average Bonchev–Trinajstić information content (AvgIpc) is 3.15. The van der Waals surface area contributed by atoms with Crippen molar-refractivity contribution in [1.29, 1.82) is 0 Å². The first kappa shape index (κ1) is 12.4. The van der Waals surface area contributed by atoms with Gasteiger partial charge in [0.05, 0.1) is 5.69 Å². The van der Waals surface area contributed by atoms with Gasteiger partial charge in [0.2, 0.25) is 0 Å². The Morgan fingerprint density at radius 2 is 2.17 bits per heavy atom. The van der Waals surface area contributed by atoms with Gasteiger partial charge in [0.1, 0.15) is 0 Å². The molecule has 5 nitrogen and oxygen atoms in total. The topological polar surface area (TPSA) is 85.1 Å². The number of aromatic nitrogens is 1.